The van der Waals surface area contributed by atoms with Crippen molar-refractivity contribution in [2.45, 2.75) is 17.7 Å². The number of carbonyl (C=O) groups excluding carboxylic acids is 1. The molecule has 1 atom stereocenters. The Morgan fingerprint density at radius 1 is 0.846 bits per heavy atom. The lowest BCUT2D eigenvalue weighted by molar-refractivity contribution is -0.132. The number of hydrogen-bond donors (Lipinski definition) is 0. The highest BCUT2D eigenvalue weighted by Gasteiger charge is 2.19. The molecule has 7 heteroatoms. The summed E-state index contributed by atoms with van der Waals surface area (Å²) in [6.07, 6.45) is 0. The Morgan fingerprint density at radius 2 is 1.46 bits per heavy atom. The number of ether oxygens (including phenoxy) is 4. The van der Waals surface area contributed by atoms with Crippen molar-refractivity contribution >= 4 is 29.2 Å². The molecule has 0 aliphatic carbocycles. The smallest absolute Gasteiger partial charge is 0.344 e. The van der Waals surface area contributed by atoms with E-state index in [1.165, 1.54) is 7.11 Å². The van der Waals surface area contributed by atoms with Gasteiger partial charge in [-0.2, -0.15) is 0 Å². The van der Waals surface area contributed by atoms with Gasteiger partial charge in [0.1, 0.15) is 11.5 Å². The van der Waals surface area contributed by atoms with E-state index in [1.54, 1.807) is 32.4 Å². The molecule has 1 unspecified atom stereocenters. The van der Waals surface area contributed by atoms with Crippen LogP contribution in [0.1, 0.15) is 24.0 Å². The summed E-state index contributed by atoms with van der Waals surface area (Å²) in [7, 11) is 4.69. The number of hydrogen-bond acceptors (Lipinski definition) is 5. The average molecular weight is 399 g/mol. The summed E-state index contributed by atoms with van der Waals surface area (Å²) in [5, 5.41) is 0. The molecule has 2 rings (SSSR count). The fourth-order valence-electron chi connectivity index (χ4n) is 2.47. The predicted molar refractivity (Wildman–Crippen MR) is 101 cm³/mol. The van der Waals surface area contributed by atoms with Crippen LogP contribution < -0.4 is 18.9 Å². The largest absolute Gasteiger partial charge is 0.497 e. The molecule has 2 aromatic rings. The molecule has 26 heavy (non-hydrogen) atoms. The Morgan fingerprint density at radius 3 is 1.96 bits per heavy atom. The number of halogens is 2. The van der Waals surface area contributed by atoms with E-state index in [4.69, 9.17) is 42.1 Å². The highest BCUT2D eigenvalue weighted by molar-refractivity contribution is 6.53. The van der Waals surface area contributed by atoms with Crippen LogP contribution in [0.2, 0.25) is 0 Å². The van der Waals surface area contributed by atoms with Crippen LogP contribution in [0.5, 0.6) is 23.0 Å². The first kappa shape index (κ1) is 20.2. The molecule has 0 saturated carbocycles. The van der Waals surface area contributed by atoms with Crippen molar-refractivity contribution in [2.24, 2.45) is 0 Å². The minimum atomic E-state index is -1.27. The Kier molecular flexibility index (Phi) is 7.00. The molecule has 0 aromatic heterocycles. The van der Waals surface area contributed by atoms with Gasteiger partial charge in [0.25, 0.3) is 0 Å². The van der Waals surface area contributed by atoms with E-state index in [-0.39, 0.29) is 11.7 Å². The van der Waals surface area contributed by atoms with Crippen LogP contribution in [0, 0.1) is 0 Å². The molecule has 0 saturated heterocycles. The minimum Gasteiger partial charge on any atom is -0.497 e. The SMILES string of the molecule is COc1cc(OC)cc(C(C)c2ccc(OC)c(OC(=O)C(Cl)Cl)c2)c1. The summed E-state index contributed by atoms with van der Waals surface area (Å²) >= 11 is 11.1. The third-order valence-corrected chi connectivity index (χ3v) is 4.31. The first-order chi connectivity index (χ1) is 12.4. The van der Waals surface area contributed by atoms with Crippen molar-refractivity contribution in [1.82, 2.24) is 0 Å². The summed E-state index contributed by atoms with van der Waals surface area (Å²) in [6, 6.07) is 11.0. The Bertz CT molecular complexity index is 754. The molecule has 0 aliphatic rings. The molecular formula is C19H20Cl2O5. The number of methoxy groups -OCH3 is 3. The molecule has 0 fully saturated rings. The molecule has 2 aromatic carbocycles. The van der Waals surface area contributed by atoms with Crippen LogP contribution in [-0.4, -0.2) is 32.1 Å². The van der Waals surface area contributed by atoms with Crippen LogP contribution in [0.3, 0.4) is 0 Å². The Balaban J connectivity index is 2.40. The van der Waals surface area contributed by atoms with Crippen molar-refractivity contribution in [3.8, 4) is 23.0 Å². The van der Waals surface area contributed by atoms with Crippen molar-refractivity contribution in [2.75, 3.05) is 21.3 Å². The van der Waals surface area contributed by atoms with Gasteiger partial charge in [0, 0.05) is 12.0 Å². The predicted octanol–water partition coefficient (Wildman–Crippen LogP) is 4.57. The van der Waals surface area contributed by atoms with Crippen LogP contribution in [0.4, 0.5) is 0 Å². The molecule has 0 radical (unpaired) electrons. The molecule has 0 amide bonds. The second-order valence-corrected chi connectivity index (χ2v) is 6.60. The van der Waals surface area contributed by atoms with Gasteiger partial charge >= 0.3 is 5.97 Å². The van der Waals surface area contributed by atoms with Crippen LogP contribution in [-0.2, 0) is 4.79 Å². The van der Waals surface area contributed by atoms with E-state index >= 15 is 0 Å². The second-order valence-electron chi connectivity index (χ2n) is 5.50. The van der Waals surface area contributed by atoms with E-state index < -0.39 is 10.8 Å². The van der Waals surface area contributed by atoms with Gasteiger partial charge in [-0.1, -0.05) is 36.2 Å². The minimum absolute atomic E-state index is 0.0230. The van der Waals surface area contributed by atoms with Crippen molar-refractivity contribution < 1.29 is 23.7 Å². The number of esters is 1. The van der Waals surface area contributed by atoms with Crippen LogP contribution in [0.15, 0.2) is 36.4 Å². The molecule has 5 nitrogen and oxygen atoms in total. The third-order valence-electron chi connectivity index (χ3n) is 3.95. The fourth-order valence-corrected chi connectivity index (χ4v) is 2.56. The standard InChI is InChI=1S/C19H20Cl2O5/c1-11(13-7-14(23-2)10-15(8-13)24-3)12-5-6-16(25-4)17(9-12)26-19(22)18(20)21/h5-11,18H,1-4H3. The summed E-state index contributed by atoms with van der Waals surface area (Å²) in [5.74, 6) is 1.26. The Labute approximate surface area is 162 Å². The first-order valence-electron chi connectivity index (χ1n) is 7.80. The first-order valence-corrected chi connectivity index (χ1v) is 8.67. The molecule has 0 bridgehead atoms. The van der Waals surface area contributed by atoms with E-state index in [2.05, 4.69) is 0 Å². The zero-order chi connectivity index (χ0) is 19.3. The van der Waals surface area contributed by atoms with Gasteiger partial charge in [0.15, 0.2) is 11.5 Å². The lowest BCUT2D eigenvalue weighted by Gasteiger charge is -2.17. The number of carbonyl (C=O) groups is 1. The van der Waals surface area contributed by atoms with Gasteiger partial charge in [-0.25, -0.2) is 4.79 Å². The van der Waals surface area contributed by atoms with Crippen molar-refractivity contribution in [3.05, 3.63) is 47.5 Å². The molecule has 0 spiro atoms. The van der Waals surface area contributed by atoms with Crippen LogP contribution >= 0.6 is 23.2 Å². The van der Waals surface area contributed by atoms with Crippen molar-refractivity contribution in [1.29, 1.82) is 0 Å². The van der Waals surface area contributed by atoms with Crippen molar-refractivity contribution in [3.63, 3.8) is 0 Å². The van der Waals surface area contributed by atoms with Gasteiger partial charge in [0.2, 0.25) is 4.84 Å². The van der Waals surface area contributed by atoms with E-state index in [0.29, 0.717) is 17.2 Å². The second kappa shape index (κ2) is 9.01. The normalized spacial score (nSPS) is 11.8. The van der Waals surface area contributed by atoms with Gasteiger partial charge < -0.3 is 18.9 Å². The van der Waals surface area contributed by atoms with Gasteiger partial charge in [-0.15, -0.1) is 0 Å². The van der Waals surface area contributed by atoms with Gasteiger partial charge in [0.05, 0.1) is 21.3 Å². The molecule has 0 aliphatic heterocycles. The molecule has 0 heterocycles. The number of rotatable bonds is 7. The molecule has 140 valence electrons. The van der Waals surface area contributed by atoms with E-state index in [0.717, 1.165) is 11.1 Å². The Hall–Kier alpha value is -2.11. The number of alkyl halides is 2. The molecular weight excluding hydrogens is 379 g/mol. The maximum atomic E-state index is 11.7. The average Bonchev–Trinajstić information content (AvgIpc) is 2.66. The summed E-state index contributed by atoms with van der Waals surface area (Å²) in [6.45, 7) is 2.02. The highest BCUT2D eigenvalue weighted by Crippen LogP contribution is 2.36. The summed E-state index contributed by atoms with van der Waals surface area (Å²) in [5.41, 5.74) is 1.89. The third kappa shape index (κ3) is 4.74. The quantitative estimate of drug-likeness (QED) is 0.388. The fraction of sp³-hybridized carbons (Fsp3) is 0.316. The number of benzene rings is 2. The van der Waals surface area contributed by atoms with E-state index in [9.17, 15) is 4.79 Å². The van der Waals surface area contributed by atoms with E-state index in [1.807, 2.05) is 25.1 Å². The zero-order valence-electron chi connectivity index (χ0n) is 14.9. The topological polar surface area (TPSA) is 54.0 Å². The summed E-state index contributed by atoms with van der Waals surface area (Å²) in [4.78, 5) is 10.4. The summed E-state index contributed by atoms with van der Waals surface area (Å²) < 4.78 is 21.1. The maximum absolute atomic E-state index is 11.7. The van der Waals surface area contributed by atoms with Gasteiger partial charge in [-0.3, -0.25) is 0 Å². The molecule has 0 N–H and O–H groups in total. The lowest BCUT2D eigenvalue weighted by Crippen LogP contribution is -2.16. The lowest BCUT2D eigenvalue weighted by atomic mass is 9.92. The zero-order valence-corrected chi connectivity index (χ0v) is 16.4. The van der Waals surface area contributed by atoms with Crippen LogP contribution in [0.25, 0.3) is 0 Å². The van der Waals surface area contributed by atoms with Gasteiger partial charge in [-0.05, 0) is 35.4 Å². The monoisotopic (exact) mass is 398 g/mol. The highest BCUT2D eigenvalue weighted by atomic mass is 35.5. The maximum Gasteiger partial charge on any atom is 0.344 e.